The van der Waals surface area contributed by atoms with Crippen LogP contribution in [0.25, 0.3) is 0 Å². The SMILES string of the molecule is COc1cccc(N(C)c2nc(C)nc(Cl)c2C=O)c1. The molecule has 1 aromatic heterocycles. The van der Waals surface area contributed by atoms with Gasteiger partial charge in [0.15, 0.2) is 6.29 Å². The van der Waals surface area contributed by atoms with Gasteiger partial charge in [-0.2, -0.15) is 0 Å². The smallest absolute Gasteiger partial charge is 0.156 e. The number of carbonyl (C=O) groups is 1. The summed E-state index contributed by atoms with van der Waals surface area (Å²) in [5.74, 6) is 1.69. The number of halogens is 1. The van der Waals surface area contributed by atoms with E-state index in [1.165, 1.54) is 0 Å². The number of methoxy groups -OCH3 is 1. The average molecular weight is 292 g/mol. The normalized spacial score (nSPS) is 10.2. The molecule has 0 fully saturated rings. The molecule has 2 rings (SSSR count). The Kier molecular flexibility index (Phi) is 4.20. The van der Waals surface area contributed by atoms with E-state index >= 15 is 0 Å². The minimum absolute atomic E-state index is 0.150. The molecule has 104 valence electrons. The van der Waals surface area contributed by atoms with Gasteiger partial charge in [-0.1, -0.05) is 17.7 Å². The Hall–Kier alpha value is -2.14. The topological polar surface area (TPSA) is 55.3 Å². The molecule has 0 aliphatic rings. The van der Waals surface area contributed by atoms with Crippen molar-refractivity contribution in [1.82, 2.24) is 9.97 Å². The summed E-state index contributed by atoms with van der Waals surface area (Å²) in [6.07, 6.45) is 0.660. The van der Waals surface area contributed by atoms with Crippen LogP contribution in [-0.4, -0.2) is 30.4 Å². The molecule has 0 aliphatic carbocycles. The van der Waals surface area contributed by atoms with Crippen LogP contribution < -0.4 is 9.64 Å². The molecule has 0 saturated heterocycles. The molecule has 2 aromatic rings. The van der Waals surface area contributed by atoms with Crippen LogP contribution in [0.5, 0.6) is 5.75 Å². The number of hydrogen-bond donors (Lipinski definition) is 0. The monoisotopic (exact) mass is 291 g/mol. The van der Waals surface area contributed by atoms with Crippen molar-refractivity contribution < 1.29 is 9.53 Å². The molecule has 0 spiro atoms. The largest absolute Gasteiger partial charge is 0.497 e. The van der Waals surface area contributed by atoms with E-state index in [1.807, 2.05) is 24.3 Å². The number of aryl methyl sites for hydroxylation is 1. The van der Waals surface area contributed by atoms with Crippen LogP contribution in [0, 0.1) is 6.92 Å². The first-order valence-electron chi connectivity index (χ1n) is 5.94. The highest BCUT2D eigenvalue weighted by Gasteiger charge is 2.16. The number of ether oxygens (including phenoxy) is 1. The third-order valence-corrected chi connectivity index (χ3v) is 3.16. The second-order valence-corrected chi connectivity index (χ2v) is 4.54. The first-order valence-corrected chi connectivity index (χ1v) is 6.31. The molecule has 1 aromatic carbocycles. The van der Waals surface area contributed by atoms with Gasteiger partial charge in [0.1, 0.15) is 22.5 Å². The van der Waals surface area contributed by atoms with Gasteiger partial charge in [-0.15, -0.1) is 0 Å². The first-order chi connectivity index (χ1) is 9.56. The third-order valence-electron chi connectivity index (χ3n) is 2.87. The van der Waals surface area contributed by atoms with Crippen LogP contribution in [0.2, 0.25) is 5.15 Å². The Morgan fingerprint density at radius 2 is 2.10 bits per heavy atom. The molecule has 5 nitrogen and oxygen atoms in total. The zero-order valence-electron chi connectivity index (χ0n) is 11.4. The van der Waals surface area contributed by atoms with Crippen molar-refractivity contribution >= 4 is 29.4 Å². The molecule has 0 N–H and O–H groups in total. The van der Waals surface area contributed by atoms with Gasteiger partial charge in [0.2, 0.25) is 0 Å². The maximum Gasteiger partial charge on any atom is 0.156 e. The lowest BCUT2D eigenvalue weighted by atomic mass is 10.2. The summed E-state index contributed by atoms with van der Waals surface area (Å²) in [5.41, 5.74) is 1.10. The van der Waals surface area contributed by atoms with Crippen LogP contribution >= 0.6 is 11.6 Å². The second kappa shape index (κ2) is 5.88. The average Bonchev–Trinajstić information content (AvgIpc) is 2.45. The van der Waals surface area contributed by atoms with Crippen molar-refractivity contribution in [1.29, 1.82) is 0 Å². The zero-order chi connectivity index (χ0) is 14.7. The number of anilines is 2. The van der Waals surface area contributed by atoms with Crippen LogP contribution in [0.4, 0.5) is 11.5 Å². The van der Waals surface area contributed by atoms with Crippen molar-refractivity contribution in [2.24, 2.45) is 0 Å². The van der Waals surface area contributed by atoms with Crippen molar-refractivity contribution in [3.05, 3.63) is 40.8 Å². The second-order valence-electron chi connectivity index (χ2n) is 4.18. The molecular weight excluding hydrogens is 278 g/mol. The Bertz CT molecular complexity index is 646. The first kappa shape index (κ1) is 14.3. The molecule has 0 atom stereocenters. The minimum atomic E-state index is 0.150. The lowest BCUT2D eigenvalue weighted by molar-refractivity contribution is 0.112. The number of hydrogen-bond acceptors (Lipinski definition) is 5. The van der Waals surface area contributed by atoms with E-state index in [2.05, 4.69) is 9.97 Å². The Morgan fingerprint density at radius 1 is 1.35 bits per heavy atom. The molecule has 0 unspecified atom stereocenters. The van der Waals surface area contributed by atoms with E-state index in [9.17, 15) is 4.79 Å². The van der Waals surface area contributed by atoms with E-state index in [-0.39, 0.29) is 10.7 Å². The predicted molar refractivity (Wildman–Crippen MR) is 78.2 cm³/mol. The van der Waals surface area contributed by atoms with E-state index in [4.69, 9.17) is 16.3 Å². The van der Waals surface area contributed by atoms with Crippen molar-refractivity contribution in [2.75, 3.05) is 19.1 Å². The van der Waals surface area contributed by atoms with Gasteiger partial charge in [-0.3, -0.25) is 4.79 Å². The van der Waals surface area contributed by atoms with Crippen LogP contribution in [0.1, 0.15) is 16.2 Å². The number of nitrogens with zero attached hydrogens (tertiary/aromatic N) is 3. The molecule has 0 bridgehead atoms. The molecule has 0 saturated carbocycles. The highest BCUT2D eigenvalue weighted by Crippen LogP contribution is 2.29. The third kappa shape index (κ3) is 2.72. The van der Waals surface area contributed by atoms with Crippen LogP contribution in [-0.2, 0) is 0 Å². The number of carbonyl (C=O) groups excluding carboxylic acids is 1. The summed E-state index contributed by atoms with van der Waals surface area (Å²) in [4.78, 5) is 21.3. The molecule has 0 amide bonds. The predicted octanol–water partition coefficient (Wildman–Crippen LogP) is 3.03. The van der Waals surface area contributed by atoms with Crippen molar-refractivity contribution in [3.8, 4) is 5.75 Å². The fourth-order valence-corrected chi connectivity index (χ4v) is 2.08. The number of aromatic nitrogens is 2. The molecule has 0 radical (unpaired) electrons. The van der Waals surface area contributed by atoms with Gasteiger partial charge in [0.05, 0.1) is 12.7 Å². The fourth-order valence-electron chi connectivity index (χ4n) is 1.83. The van der Waals surface area contributed by atoms with E-state index in [0.29, 0.717) is 17.9 Å². The lowest BCUT2D eigenvalue weighted by Crippen LogP contribution is -2.15. The number of rotatable bonds is 4. The van der Waals surface area contributed by atoms with Crippen molar-refractivity contribution in [3.63, 3.8) is 0 Å². The quantitative estimate of drug-likeness (QED) is 0.640. The Balaban J connectivity index is 2.52. The summed E-state index contributed by atoms with van der Waals surface area (Å²) in [7, 11) is 3.40. The number of aldehydes is 1. The molecule has 0 aliphatic heterocycles. The van der Waals surface area contributed by atoms with Gasteiger partial charge in [-0.25, -0.2) is 9.97 Å². The number of benzene rings is 1. The summed E-state index contributed by atoms with van der Waals surface area (Å²) < 4.78 is 5.19. The van der Waals surface area contributed by atoms with Crippen molar-refractivity contribution in [2.45, 2.75) is 6.92 Å². The molecule has 6 heteroatoms. The zero-order valence-corrected chi connectivity index (χ0v) is 12.2. The highest BCUT2D eigenvalue weighted by atomic mass is 35.5. The molecule has 20 heavy (non-hydrogen) atoms. The Morgan fingerprint density at radius 3 is 2.75 bits per heavy atom. The van der Waals surface area contributed by atoms with Gasteiger partial charge < -0.3 is 9.64 Å². The summed E-state index contributed by atoms with van der Waals surface area (Å²) in [6.45, 7) is 1.73. The summed E-state index contributed by atoms with van der Waals surface area (Å²) in [6, 6.07) is 7.44. The maximum atomic E-state index is 11.2. The van der Waals surface area contributed by atoms with Crippen LogP contribution in [0.3, 0.4) is 0 Å². The van der Waals surface area contributed by atoms with Gasteiger partial charge in [-0.05, 0) is 19.1 Å². The molecule has 1 heterocycles. The van der Waals surface area contributed by atoms with E-state index in [1.54, 1.807) is 26.0 Å². The summed E-state index contributed by atoms with van der Waals surface area (Å²) >= 11 is 5.99. The van der Waals surface area contributed by atoms with Gasteiger partial charge >= 0.3 is 0 Å². The van der Waals surface area contributed by atoms with Gasteiger partial charge in [0, 0.05) is 18.8 Å². The standard InChI is InChI=1S/C14H14ClN3O2/c1-9-16-13(15)12(8-19)14(17-9)18(2)10-5-4-6-11(7-10)20-3/h4-8H,1-3H3. The summed E-state index contributed by atoms with van der Waals surface area (Å²) in [5, 5.41) is 0.150. The van der Waals surface area contributed by atoms with Gasteiger partial charge in [0.25, 0.3) is 0 Å². The molecular formula is C14H14ClN3O2. The Labute approximate surface area is 122 Å². The minimum Gasteiger partial charge on any atom is -0.497 e. The maximum absolute atomic E-state index is 11.2. The van der Waals surface area contributed by atoms with E-state index < -0.39 is 0 Å². The lowest BCUT2D eigenvalue weighted by Gasteiger charge is -2.21. The fraction of sp³-hybridized carbons (Fsp3) is 0.214. The van der Waals surface area contributed by atoms with E-state index in [0.717, 1.165) is 11.4 Å². The van der Waals surface area contributed by atoms with Crippen LogP contribution in [0.15, 0.2) is 24.3 Å². The highest BCUT2D eigenvalue weighted by molar-refractivity contribution is 6.32.